The van der Waals surface area contributed by atoms with Crippen LogP contribution in [-0.4, -0.2) is 21.3 Å². The maximum absolute atomic E-state index is 11.2. The van der Waals surface area contributed by atoms with Gasteiger partial charge in [0, 0.05) is 5.25 Å². The molecular weight excluding hydrogens is 238 g/mol. The van der Waals surface area contributed by atoms with E-state index >= 15 is 0 Å². The van der Waals surface area contributed by atoms with E-state index in [0.717, 1.165) is 25.7 Å². The summed E-state index contributed by atoms with van der Waals surface area (Å²) in [7, 11) is 0. The highest BCUT2D eigenvalue weighted by Gasteiger charge is 2.35. The second kappa shape index (κ2) is 5.58. The van der Waals surface area contributed by atoms with Gasteiger partial charge in [0.05, 0.1) is 12.1 Å². The molecule has 0 amide bonds. The zero-order chi connectivity index (χ0) is 12.3. The van der Waals surface area contributed by atoms with Crippen LogP contribution in [-0.2, 0) is 4.79 Å². The Bertz CT molecular complexity index is 366. The zero-order valence-electron chi connectivity index (χ0n) is 9.83. The Morgan fingerprint density at radius 3 is 3.06 bits per heavy atom. The molecule has 4 nitrogen and oxygen atoms in total. The van der Waals surface area contributed by atoms with Crippen molar-refractivity contribution in [3.63, 3.8) is 0 Å². The summed E-state index contributed by atoms with van der Waals surface area (Å²) < 4.78 is 5.19. The molecule has 1 aromatic rings. The molecule has 1 aliphatic rings. The lowest BCUT2D eigenvalue weighted by molar-refractivity contribution is -0.142. The highest BCUT2D eigenvalue weighted by atomic mass is 32.2. The van der Waals surface area contributed by atoms with Gasteiger partial charge in [-0.25, -0.2) is 4.98 Å². The zero-order valence-corrected chi connectivity index (χ0v) is 10.7. The summed E-state index contributed by atoms with van der Waals surface area (Å²) in [6.07, 6.45) is 6.98. The molecule has 0 spiro atoms. The Kier molecular flexibility index (Phi) is 4.10. The number of carbonyl (C=O) groups is 1. The summed E-state index contributed by atoms with van der Waals surface area (Å²) in [4.78, 5) is 15.3. The second-order valence-corrected chi connectivity index (χ2v) is 5.68. The highest BCUT2D eigenvalue weighted by Crippen LogP contribution is 2.40. The SMILES string of the molecule is CCC1CCC(C(=O)O)C(Sc2ncco2)C1. The number of aromatic nitrogens is 1. The molecule has 0 radical (unpaired) electrons. The minimum atomic E-state index is -0.691. The monoisotopic (exact) mass is 255 g/mol. The van der Waals surface area contributed by atoms with Crippen LogP contribution in [0.5, 0.6) is 0 Å². The molecule has 1 aromatic heterocycles. The molecule has 94 valence electrons. The Balaban J connectivity index is 2.05. The fraction of sp³-hybridized carbons (Fsp3) is 0.667. The summed E-state index contributed by atoms with van der Waals surface area (Å²) in [6, 6.07) is 0. The molecule has 17 heavy (non-hydrogen) atoms. The standard InChI is InChI=1S/C12H17NO3S/c1-2-8-3-4-9(11(14)15)10(7-8)17-12-13-5-6-16-12/h5-6,8-10H,2-4,7H2,1H3,(H,14,15). The molecule has 1 heterocycles. The summed E-state index contributed by atoms with van der Waals surface area (Å²) in [5.74, 6) is -0.323. The van der Waals surface area contributed by atoms with Gasteiger partial charge in [0.25, 0.3) is 5.22 Å². The van der Waals surface area contributed by atoms with Gasteiger partial charge in [-0.2, -0.15) is 0 Å². The number of carboxylic acids is 1. The molecule has 5 heteroatoms. The van der Waals surface area contributed by atoms with Crippen LogP contribution >= 0.6 is 11.8 Å². The minimum Gasteiger partial charge on any atom is -0.481 e. The van der Waals surface area contributed by atoms with Crippen molar-refractivity contribution in [1.82, 2.24) is 4.98 Å². The lowest BCUT2D eigenvalue weighted by Crippen LogP contribution is -2.32. The molecule has 1 saturated carbocycles. The van der Waals surface area contributed by atoms with Gasteiger partial charge >= 0.3 is 5.97 Å². The van der Waals surface area contributed by atoms with E-state index in [1.54, 1.807) is 6.20 Å². The van der Waals surface area contributed by atoms with Crippen LogP contribution in [0, 0.1) is 11.8 Å². The maximum Gasteiger partial charge on any atom is 0.307 e. The van der Waals surface area contributed by atoms with Crippen molar-refractivity contribution in [3.8, 4) is 0 Å². The first-order valence-electron chi connectivity index (χ1n) is 5.99. The van der Waals surface area contributed by atoms with E-state index in [9.17, 15) is 9.90 Å². The third-order valence-electron chi connectivity index (χ3n) is 3.46. The molecular formula is C12H17NO3S. The van der Waals surface area contributed by atoms with Gasteiger partial charge < -0.3 is 9.52 Å². The van der Waals surface area contributed by atoms with Gasteiger partial charge in [0.15, 0.2) is 0 Å². The Morgan fingerprint density at radius 2 is 2.47 bits per heavy atom. The fourth-order valence-electron chi connectivity index (χ4n) is 2.39. The lowest BCUT2D eigenvalue weighted by atomic mass is 9.80. The third-order valence-corrected chi connectivity index (χ3v) is 4.68. The first kappa shape index (κ1) is 12.5. The van der Waals surface area contributed by atoms with Gasteiger partial charge in [0.1, 0.15) is 6.26 Å². The molecule has 3 atom stereocenters. The summed E-state index contributed by atoms with van der Waals surface area (Å²) in [5, 5.41) is 9.90. The summed E-state index contributed by atoms with van der Waals surface area (Å²) in [5.41, 5.74) is 0. The molecule has 0 aliphatic heterocycles. The van der Waals surface area contributed by atoms with E-state index in [1.807, 2.05) is 0 Å². The molecule has 0 aromatic carbocycles. The van der Waals surface area contributed by atoms with Crippen LogP contribution in [0.25, 0.3) is 0 Å². The number of hydrogen-bond donors (Lipinski definition) is 1. The van der Waals surface area contributed by atoms with E-state index in [1.165, 1.54) is 18.0 Å². The van der Waals surface area contributed by atoms with E-state index in [0.29, 0.717) is 11.1 Å². The number of rotatable bonds is 4. The van der Waals surface area contributed by atoms with Crippen LogP contribution in [0.2, 0.25) is 0 Å². The number of aliphatic carboxylic acids is 1. The molecule has 2 rings (SSSR count). The average Bonchev–Trinajstić information content (AvgIpc) is 2.81. The number of oxazole rings is 1. The molecule has 0 saturated heterocycles. The Morgan fingerprint density at radius 1 is 1.65 bits per heavy atom. The highest BCUT2D eigenvalue weighted by molar-refractivity contribution is 7.99. The maximum atomic E-state index is 11.2. The van der Waals surface area contributed by atoms with Crippen molar-refractivity contribution >= 4 is 17.7 Å². The van der Waals surface area contributed by atoms with Crippen molar-refractivity contribution < 1.29 is 14.3 Å². The minimum absolute atomic E-state index is 0.0878. The Labute approximate surface area is 105 Å². The van der Waals surface area contributed by atoms with Crippen molar-refractivity contribution in [2.24, 2.45) is 11.8 Å². The predicted octanol–water partition coefficient (Wildman–Crippen LogP) is 3.05. The van der Waals surface area contributed by atoms with Crippen molar-refractivity contribution in [2.45, 2.75) is 43.1 Å². The van der Waals surface area contributed by atoms with Crippen LogP contribution < -0.4 is 0 Å². The smallest absolute Gasteiger partial charge is 0.307 e. The predicted molar refractivity (Wildman–Crippen MR) is 64.9 cm³/mol. The number of hydrogen-bond acceptors (Lipinski definition) is 4. The summed E-state index contributed by atoms with van der Waals surface area (Å²) in [6.45, 7) is 2.17. The van der Waals surface area contributed by atoms with Gasteiger partial charge in [-0.15, -0.1) is 0 Å². The molecule has 0 bridgehead atoms. The fourth-order valence-corrected chi connectivity index (χ4v) is 3.67. The molecule has 1 N–H and O–H groups in total. The molecule has 3 unspecified atom stereocenters. The molecule has 1 aliphatic carbocycles. The van der Waals surface area contributed by atoms with Crippen molar-refractivity contribution in [3.05, 3.63) is 12.5 Å². The van der Waals surface area contributed by atoms with Gasteiger partial charge in [-0.1, -0.05) is 25.1 Å². The number of nitrogens with zero attached hydrogens (tertiary/aromatic N) is 1. The largest absolute Gasteiger partial charge is 0.481 e. The van der Waals surface area contributed by atoms with Crippen LogP contribution in [0.3, 0.4) is 0 Å². The number of carboxylic acid groups (broad SMARTS) is 1. The van der Waals surface area contributed by atoms with E-state index < -0.39 is 5.97 Å². The first-order valence-corrected chi connectivity index (χ1v) is 6.87. The van der Waals surface area contributed by atoms with Gasteiger partial charge in [-0.05, 0) is 25.2 Å². The van der Waals surface area contributed by atoms with E-state index in [-0.39, 0.29) is 11.2 Å². The van der Waals surface area contributed by atoms with E-state index in [2.05, 4.69) is 11.9 Å². The topological polar surface area (TPSA) is 63.3 Å². The normalized spacial score (nSPS) is 29.1. The number of thioether (sulfide) groups is 1. The van der Waals surface area contributed by atoms with Gasteiger partial charge in [0.2, 0.25) is 0 Å². The quantitative estimate of drug-likeness (QED) is 0.895. The molecule has 1 fully saturated rings. The lowest BCUT2D eigenvalue weighted by Gasteiger charge is -2.32. The average molecular weight is 255 g/mol. The third kappa shape index (κ3) is 3.03. The van der Waals surface area contributed by atoms with Crippen LogP contribution in [0.1, 0.15) is 32.6 Å². The van der Waals surface area contributed by atoms with E-state index in [4.69, 9.17) is 4.42 Å². The van der Waals surface area contributed by atoms with Gasteiger partial charge in [-0.3, -0.25) is 4.79 Å². The Hall–Kier alpha value is -0.970. The van der Waals surface area contributed by atoms with Crippen molar-refractivity contribution in [2.75, 3.05) is 0 Å². The first-order chi connectivity index (χ1) is 8.20. The summed E-state index contributed by atoms with van der Waals surface area (Å²) >= 11 is 1.47. The second-order valence-electron chi connectivity index (χ2n) is 4.49. The van der Waals surface area contributed by atoms with Crippen LogP contribution in [0.4, 0.5) is 0 Å². The van der Waals surface area contributed by atoms with Crippen LogP contribution in [0.15, 0.2) is 22.1 Å². The van der Waals surface area contributed by atoms with Crippen molar-refractivity contribution in [1.29, 1.82) is 0 Å².